The van der Waals surface area contributed by atoms with E-state index in [-0.39, 0.29) is 36.2 Å². The summed E-state index contributed by atoms with van der Waals surface area (Å²) in [7, 11) is -3.44. The summed E-state index contributed by atoms with van der Waals surface area (Å²) in [4.78, 5) is 29.2. The molecular formula is C17H17N3O5S2. The Morgan fingerprint density at radius 3 is 2.96 bits per heavy atom. The molecule has 1 aromatic heterocycles. The van der Waals surface area contributed by atoms with Crippen LogP contribution >= 0.6 is 11.3 Å². The van der Waals surface area contributed by atoms with Crippen LogP contribution in [-0.2, 0) is 37.3 Å². The van der Waals surface area contributed by atoms with Gasteiger partial charge >= 0.3 is 5.97 Å². The van der Waals surface area contributed by atoms with E-state index >= 15 is 0 Å². The first-order valence-electron chi connectivity index (χ1n) is 8.41. The molecule has 142 valence electrons. The number of amides is 1. The second kappa shape index (κ2) is 6.93. The van der Waals surface area contributed by atoms with Crippen LogP contribution in [0.4, 0.5) is 0 Å². The molecule has 3 aliphatic rings. The molecule has 0 fully saturated rings. The molecule has 0 saturated heterocycles. The largest absolute Gasteiger partial charge is 0.452 e. The van der Waals surface area contributed by atoms with E-state index in [1.165, 1.54) is 23.2 Å². The fraction of sp³-hybridized carbons (Fsp3) is 0.353. The number of ether oxygens (including phenoxy) is 1. The van der Waals surface area contributed by atoms with Crippen LogP contribution in [-0.4, -0.2) is 61.4 Å². The van der Waals surface area contributed by atoms with Gasteiger partial charge in [-0.15, -0.1) is 15.7 Å². The number of sulfonamides is 1. The number of carbonyl (C=O) groups excluding carboxylic acids is 2. The van der Waals surface area contributed by atoms with E-state index in [1.807, 2.05) is 11.4 Å². The number of fused-ring (bicyclic) bond motifs is 2. The van der Waals surface area contributed by atoms with E-state index in [1.54, 1.807) is 21.1 Å². The van der Waals surface area contributed by atoms with E-state index in [9.17, 15) is 18.0 Å². The first-order valence-corrected chi connectivity index (χ1v) is 10.9. The highest BCUT2D eigenvalue weighted by atomic mass is 32.2. The zero-order chi connectivity index (χ0) is 19.0. The van der Waals surface area contributed by atoms with Crippen molar-refractivity contribution in [1.29, 1.82) is 0 Å². The van der Waals surface area contributed by atoms with Crippen LogP contribution in [0.25, 0.3) is 0 Å². The Kier molecular flexibility index (Phi) is 4.60. The Morgan fingerprint density at radius 1 is 1.26 bits per heavy atom. The molecule has 1 aromatic rings. The number of nitrogens with zero attached hydrogens (tertiary/aromatic N) is 3. The van der Waals surface area contributed by atoms with Crippen LogP contribution < -0.4 is 0 Å². The van der Waals surface area contributed by atoms with Gasteiger partial charge in [0.1, 0.15) is 5.84 Å². The summed E-state index contributed by atoms with van der Waals surface area (Å²) in [5.74, 6) is -0.692. The normalized spacial score (nSPS) is 20.3. The summed E-state index contributed by atoms with van der Waals surface area (Å²) in [6, 6.07) is 2.01. The number of rotatable bonds is 3. The van der Waals surface area contributed by atoms with Gasteiger partial charge in [0.25, 0.3) is 15.9 Å². The van der Waals surface area contributed by atoms with Gasteiger partial charge in [-0.2, -0.15) is 0 Å². The minimum Gasteiger partial charge on any atom is -0.452 e. The molecule has 10 heteroatoms. The third-order valence-electron chi connectivity index (χ3n) is 4.55. The molecule has 0 saturated carbocycles. The van der Waals surface area contributed by atoms with Gasteiger partial charge in [-0.05, 0) is 35.6 Å². The van der Waals surface area contributed by atoms with Crippen molar-refractivity contribution in [3.63, 3.8) is 0 Å². The first kappa shape index (κ1) is 17.9. The summed E-state index contributed by atoms with van der Waals surface area (Å²) in [5, 5.41) is 2.02. The Hall–Kier alpha value is -2.46. The van der Waals surface area contributed by atoms with Crippen LogP contribution in [0.3, 0.4) is 0 Å². The van der Waals surface area contributed by atoms with Gasteiger partial charge in [0.15, 0.2) is 6.61 Å². The highest BCUT2D eigenvalue weighted by molar-refractivity contribution is 7.90. The molecule has 4 heterocycles. The summed E-state index contributed by atoms with van der Waals surface area (Å²) in [6.45, 7) is 1.06. The zero-order valence-corrected chi connectivity index (χ0v) is 16.0. The molecule has 3 aliphatic heterocycles. The quantitative estimate of drug-likeness (QED) is 0.684. The molecule has 0 spiro atoms. The lowest BCUT2D eigenvalue weighted by Crippen LogP contribution is -2.39. The number of hydrogen-bond acceptors (Lipinski definition) is 7. The molecule has 0 N–H and O–H groups in total. The van der Waals surface area contributed by atoms with Gasteiger partial charge in [0.05, 0.1) is 11.3 Å². The van der Waals surface area contributed by atoms with Crippen molar-refractivity contribution in [2.45, 2.75) is 13.0 Å². The molecule has 0 bridgehead atoms. The molecule has 0 aliphatic carbocycles. The van der Waals surface area contributed by atoms with Crippen molar-refractivity contribution < 1.29 is 22.7 Å². The smallest absolute Gasteiger partial charge is 0.340 e. The van der Waals surface area contributed by atoms with Crippen molar-refractivity contribution in [2.24, 2.45) is 4.40 Å². The maximum Gasteiger partial charge on any atom is 0.340 e. The Bertz CT molecular complexity index is 990. The zero-order valence-electron chi connectivity index (χ0n) is 14.3. The highest BCUT2D eigenvalue weighted by Crippen LogP contribution is 2.24. The fourth-order valence-electron chi connectivity index (χ4n) is 3.08. The molecule has 0 unspecified atom stereocenters. The molecule has 0 aromatic carbocycles. The van der Waals surface area contributed by atoms with Gasteiger partial charge in [-0.25, -0.2) is 13.2 Å². The third kappa shape index (κ3) is 3.81. The van der Waals surface area contributed by atoms with Crippen molar-refractivity contribution in [1.82, 2.24) is 9.80 Å². The topological polar surface area (TPSA) is 96.4 Å². The summed E-state index contributed by atoms with van der Waals surface area (Å²) >= 11 is 1.69. The maximum absolute atomic E-state index is 12.3. The molecular weight excluding hydrogens is 390 g/mol. The number of hydrogen-bond donors (Lipinski definition) is 0. The lowest BCUT2D eigenvalue weighted by molar-refractivity contribution is -0.149. The average molecular weight is 407 g/mol. The SMILES string of the molecule is O=C(OCC(=O)N1CCc2sccc2C1)C1=CN2CCS(=O)(=O)N=C2C=C1. The molecule has 1 amide bonds. The van der Waals surface area contributed by atoms with E-state index in [2.05, 4.69) is 4.40 Å². The van der Waals surface area contributed by atoms with Crippen molar-refractivity contribution in [2.75, 3.05) is 25.4 Å². The van der Waals surface area contributed by atoms with Gasteiger partial charge in [-0.3, -0.25) is 4.79 Å². The van der Waals surface area contributed by atoms with Crippen molar-refractivity contribution in [3.05, 3.63) is 45.8 Å². The predicted octanol–water partition coefficient (Wildman–Crippen LogP) is 0.674. The van der Waals surface area contributed by atoms with E-state index in [4.69, 9.17) is 4.74 Å². The first-order chi connectivity index (χ1) is 12.9. The molecule has 0 atom stereocenters. The summed E-state index contributed by atoms with van der Waals surface area (Å²) in [5.41, 5.74) is 1.40. The lowest BCUT2D eigenvalue weighted by atomic mass is 10.1. The Labute approximate surface area is 160 Å². The fourth-order valence-corrected chi connectivity index (χ4v) is 4.94. The summed E-state index contributed by atoms with van der Waals surface area (Å²) in [6.07, 6.45) is 5.22. The van der Waals surface area contributed by atoms with Crippen LogP contribution in [0.5, 0.6) is 0 Å². The molecule has 4 rings (SSSR count). The predicted molar refractivity (Wildman–Crippen MR) is 99.5 cm³/mol. The van der Waals surface area contributed by atoms with Gasteiger partial charge < -0.3 is 14.5 Å². The van der Waals surface area contributed by atoms with Crippen LogP contribution in [0.2, 0.25) is 0 Å². The van der Waals surface area contributed by atoms with Crippen LogP contribution in [0.15, 0.2) is 39.8 Å². The average Bonchev–Trinajstić information content (AvgIpc) is 3.12. The minimum atomic E-state index is -3.44. The molecule has 0 radical (unpaired) electrons. The highest BCUT2D eigenvalue weighted by Gasteiger charge is 2.26. The standard InChI is InChI=1S/C17H17N3O5S2/c21-16(20-5-3-14-12(9-20)4-7-26-14)11-25-17(22)13-1-2-15-18-27(23,24)8-6-19(15)10-13/h1-2,4,7,10H,3,5-6,8-9,11H2. The van der Waals surface area contributed by atoms with Crippen LogP contribution in [0.1, 0.15) is 10.4 Å². The Balaban J connectivity index is 1.35. The Morgan fingerprint density at radius 2 is 2.11 bits per heavy atom. The number of amidine groups is 1. The second-order valence-corrected chi connectivity index (χ2v) is 9.11. The number of carbonyl (C=O) groups is 2. The van der Waals surface area contributed by atoms with Gasteiger partial charge in [0, 0.05) is 30.7 Å². The van der Waals surface area contributed by atoms with Gasteiger partial charge in [-0.1, -0.05) is 0 Å². The monoisotopic (exact) mass is 407 g/mol. The molecule has 27 heavy (non-hydrogen) atoms. The maximum atomic E-state index is 12.3. The number of thiophene rings is 1. The second-order valence-electron chi connectivity index (χ2n) is 6.36. The van der Waals surface area contributed by atoms with Gasteiger partial charge in [0.2, 0.25) is 0 Å². The molecule has 8 nitrogen and oxygen atoms in total. The minimum absolute atomic E-state index is 0.110. The lowest BCUT2D eigenvalue weighted by Gasteiger charge is -2.27. The number of esters is 1. The van der Waals surface area contributed by atoms with E-state index in [0.29, 0.717) is 13.1 Å². The van der Waals surface area contributed by atoms with Crippen molar-refractivity contribution in [3.8, 4) is 0 Å². The van der Waals surface area contributed by atoms with E-state index in [0.717, 1.165) is 12.0 Å². The van der Waals surface area contributed by atoms with E-state index < -0.39 is 16.0 Å². The third-order valence-corrected chi connectivity index (χ3v) is 6.73. The summed E-state index contributed by atoms with van der Waals surface area (Å²) < 4.78 is 31.8. The van der Waals surface area contributed by atoms with Crippen LogP contribution in [0, 0.1) is 0 Å². The van der Waals surface area contributed by atoms with Crippen molar-refractivity contribution >= 4 is 39.1 Å².